The minimum absolute atomic E-state index is 0.00610. The highest BCUT2D eigenvalue weighted by Gasteiger charge is 2.22. The van der Waals surface area contributed by atoms with Crippen LogP contribution in [0.3, 0.4) is 0 Å². The summed E-state index contributed by atoms with van der Waals surface area (Å²) in [7, 11) is 0. The third kappa shape index (κ3) is 2.76. The first-order valence-electron chi connectivity index (χ1n) is 6.84. The number of anilines is 1. The van der Waals surface area contributed by atoms with Crippen LogP contribution in [0, 0.1) is 0 Å². The van der Waals surface area contributed by atoms with Crippen molar-refractivity contribution in [2.45, 2.75) is 25.8 Å². The van der Waals surface area contributed by atoms with Gasteiger partial charge in [0.15, 0.2) is 5.13 Å². The lowest BCUT2D eigenvalue weighted by atomic mass is 10.2. The van der Waals surface area contributed by atoms with Crippen molar-refractivity contribution in [3.63, 3.8) is 0 Å². The van der Waals surface area contributed by atoms with E-state index < -0.39 is 0 Å². The highest BCUT2D eigenvalue weighted by molar-refractivity contribution is 7.22. The lowest BCUT2D eigenvalue weighted by Gasteiger charge is -2.08. The Kier molecular flexibility index (Phi) is 3.84. The van der Waals surface area contributed by atoms with E-state index in [1.54, 1.807) is 0 Å². The average Bonchev–Trinajstić information content (AvgIpc) is 3.06. The molecule has 1 fully saturated rings. The highest BCUT2D eigenvalue weighted by Crippen LogP contribution is 2.29. The fourth-order valence-corrected chi connectivity index (χ4v) is 3.21. The second-order valence-electron chi connectivity index (χ2n) is 4.72. The van der Waals surface area contributed by atoms with Crippen LogP contribution in [0.2, 0.25) is 0 Å². The molecule has 1 aromatic heterocycles. The molecule has 0 aliphatic carbocycles. The molecular formula is C14H17N3O2S. The summed E-state index contributed by atoms with van der Waals surface area (Å²) in [6.07, 6.45) is 1.95. The van der Waals surface area contributed by atoms with Gasteiger partial charge in [-0.1, -0.05) is 11.3 Å². The number of hydrogen-bond acceptors (Lipinski definition) is 5. The van der Waals surface area contributed by atoms with Gasteiger partial charge >= 0.3 is 0 Å². The predicted molar refractivity (Wildman–Crippen MR) is 80.4 cm³/mol. The van der Waals surface area contributed by atoms with Crippen molar-refractivity contribution in [1.29, 1.82) is 0 Å². The highest BCUT2D eigenvalue weighted by atomic mass is 32.1. The molecule has 6 heteroatoms. The second kappa shape index (κ2) is 5.76. The molecule has 0 spiro atoms. The molecule has 1 amide bonds. The first-order valence-corrected chi connectivity index (χ1v) is 7.65. The van der Waals surface area contributed by atoms with Gasteiger partial charge in [0.2, 0.25) is 5.91 Å². The van der Waals surface area contributed by atoms with E-state index in [-0.39, 0.29) is 11.9 Å². The van der Waals surface area contributed by atoms with Crippen LogP contribution >= 0.6 is 11.3 Å². The van der Waals surface area contributed by atoms with E-state index in [9.17, 15) is 4.79 Å². The maximum Gasteiger partial charge on any atom is 0.243 e. The summed E-state index contributed by atoms with van der Waals surface area (Å²) in [5.41, 5.74) is 0.883. The van der Waals surface area contributed by atoms with Crippen molar-refractivity contribution in [3.8, 4) is 5.75 Å². The quantitative estimate of drug-likeness (QED) is 0.908. The molecule has 2 N–H and O–H groups in total. The van der Waals surface area contributed by atoms with E-state index in [1.165, 1.54) is 11.3 Å². The number of thiazole rings is 1. The summed E-state index contributed by atoms with van der Waals surface area (Å²) in [4.78, 5) is 16.5. The summed E-state index contributed by atoms with van der Waals surface area (Å²) in [5.74, 6) is 0.838. The van der Waals surface area contributed by atoms with Crippen LogP contribution in [0.5, 0.6) is 5.75 Å². The molecule has 3 rings (SSSR count). The van der Waals surface area contributed by atoms with E-state index >= 15 is 0 Å². The summed E-state index contributed by atoms with van der Waals surface area (Å²) in [6, 6.07) is 5.69. The number of hydrogen-bond donors (Lipinski definition) is 2. The number of carbonyl (C=O) groups is 1. The minimum Gasteiger partial charge on any atom is -0.494 e. The van der Waals surface area contributed by atoms with Gasteiger partial charge in [-0.25, -0.2) is 4.98 Å². The Morgan fingerprint density at radius 2 is 2.50 bits per heavy atom. The molecule has 20 heavy (non-hydrogen) atoms. The first-order chi connectivity index (χ1) is 9.76. The number of nitrogens with one attached hydrogen (secondary N) is 2. The Balaban J connectivity index is 1.76. The molecule has 5 nitrogen and oxygen atoms in total. The van der Waals surface area contributed by atoms with Crippen LogP contribution in [-0.2, 0) is 4.79 Å². The van der Waals surface area contributed by atoms with Gasteiger partial charge in [-0.3, -0.25) is 4.79 Å². The standard InChI is InChI=1S/C14H17N3O2S/c1-2-19-9-5-6-10-12(8-9)20-14(16-10)17-13(18)11-4-3-7-15-11/h5-6,8,11,15H,2-4,7H2,1H3,(H,16,17,18)/t11-/m1/s1. The summed E-state index contributed by atoms with van der Waals surface area (Å²) >= 11 is 1.47. The molecular weight excluding hydrogens is 274 g/mol. The van der Waals surface area contributed by atoms with E-state index in [0.717, 1.165) is 35.4 Å². The average molecular weight is 291 g/mol. The number of benzene rings is 1. The molecule has 1 atom stereocenters. The Labute approximate surface area is 121 Å². The Morgan fingerprint density at radius 3 is 3.25 bits per heavy atom. The van der Waals surface area contributed by atoms with Crippen molar-refractivity contribution in [2.24, 2.45) is 0 Å². The molecule has 0 saturated carbocycles. The molecule has 0 radical (unpaired) electrons. The van der Waals surface area contributed by atoms with Crippen LogP contribution < -0.4 is 15.4 Å². The zero-order chi connectivity index (χ0) is 13.9. The smallest absolute Gasteiger partial charge is 0.243 e. The zero-order valence-electron chi connectivity index (χ0n) is 11.3. The minimum atomic E-state index is -0.0824. The number of rotatable bonds is 4. The lowest BCUT2D eigenvalue weighted by molar-refractivity contribution is -0.117. The van der Waals surface area contributed by atoms with Crippen LogP contribution in [-0.4, -0.2) is 30.1 Å². The van der Waals surface area contributed by atoms with E-state index in [4.69, 9.17) is 4.74 Å². The summed E-state index contributed by atoms with van der Waals surface area (Å²) in [5, 5.41) is 6.72. The molecule has 1 aliphatic heterocycles. The largest absolute Gasteiger partial charge is 0.494 e. The zero-order valence-corrected chi connectivity index (χ0v) is 12.1. The number of ether oxygens (including phenoxy) is 1. The number of fused-ring (bicyclic) bond motifs is 1. The topological polar surface area (TPSA) is 63.2 Å². The van der Waals surface area contributed by atoms with Crippen LogP contribution in [0.15, 0.2) is 18.2 Å². The second-order valence-corrected chi connectivity index (χ2v) is 5.75. The van der Waals surface area contributed by atoms with Gasteiger partial charge in [0.1, 0.15) is 5.75 Å². The van der Waals surface area contributed by atoms with Crippen LogP contribution in [0.25, 0.3) is 10.2 Å². The van der Waals surface area contributed by atoms with Crippen molar-refractivity contribution in [1.82, 2.24) is 10.3 Å². The van der Waals surface area contributed by atoms with E-state index in [2.05, 4.69) is 15.6 Å². The van der Waals surface area contributed by atoms with Gasteiger partial charge in [0.25, 0.3) is 0 Å². The Morgan fingerprint density at radius 1 is 1.60 bits per heavy atom. The van der Waals surface area contributed by atoms with E-state index in [0.29, 0.717) is 11.7 Å². The van der Waals surface area contributed by atoms with Crippen molar-refractivity contribution >= 4 is 32.6 Å². The molecule has 1 saturated heterocycles. The first kappa shape index (κ1) is 13.3. The maximum absolute atomic E-state index is 12.0. The van der Waals surface area contributed by atoms with Crippen molar-refractivity contribution in [3.05, 3.63) is 18.2 Å². The molecule has 0 bridgehead atoms. The van der Waals surface area contributed by atoms with Gasteiger partial charge in [0.05, 0.1) is 22.9 Å². The predicted octanol–water partition coefficient (Wildman–Crippen LogP) is 2.39. The van der Waals surface area contributed by atoms with E-state index in [1.807, 2.05) is 25.1 Å². The normalized spacial score (nSPS) is 18.4. The number of carbonyl (C=O) groups excluding carboxylic acids is 1. The molecule has 1 aliphatic rings. The third-order valence-electron chi connectivity index (χ3n) is 3.28. The molecule has 2 aromatic rings. The van der Waals surface area contributed by atoms with Gasteiger partial charge in [-0.2, -0.15) is 0 Å². The van der Waals surface area contributed by atoms with Gasteiger partial charge in [-0.05, 0) is 44.5 Å². The lowest BCUT2D eigenvalue weighted by Crippen LogP contribution is -2.35. The molecule has 106 valence electrons. The number of aromatic nitrogens is 1. The molecule has 2 heterocycles. The van der Waals surface area contributed by atoms with Gasteiger partial charge < -0.3 is 15.4 Å². The SMILES string of the molecule is CCOc1ccc2nc(NC(=O)[C@H]3CCCN3)sc2c1. The van der Waals surface area contributed by atoms with Gasteiger partial charge in [0, 0.05) is 0 Å². The maximum atomic E-state index is 12.0. The fraction of sp³-hybridized carbons (Fsp3) is 0.429. The molecule has 0 unspecified atom stereocenters. The fourth-order valence-electron chi connectivity index (χ4n) is 2.32. The monoisotopic (exact) mass is 291 g/mol. The van der Waals surface area contributed by atoms with Gasteiger partial charge in [-0.15, -0.1) is 0 Å². The van der Waals surface area contributed by atoms with Crippen molar-refractivity contribution in [2.75, 3.05) is 18.5 Å². The van der Waals surface area contributed by atoms with Crippen LogP contribution in [0.1, 0.15) is 19.8 Å². The summed E-state index contributed by atoms with van der Waals surface area (Å²) in [6.45, 7) is 3.51. The summed E-state index contributed by atoms with van der Waals surface area (Å²) < 4.78 is 6.49. The number of amides is 1. The van der Waals surface area contributed by atoms with Crippen LogP contribution in [0.4, 0.5) is 5.13 Å². The Bertz CT molecular complexity index is 620. The molecule has 1 aromatic carbocycles. The third-order valence-corrected chi connectivity index (χ3v) is 4.21. The Hall–Kier alpha value is -1.66. The number of nitrogens with zero attached hydrogens (tertiary/aromatic N) is 1. The van der Waals surface area contributed by atoms with Crippen molar-refractivity contribution < 1.29 is 9.53 Å².